The molecule has 0 unspecified atom stereocenters. The number of carbonyl (C=O) groups is 2. The van der Waals surface area contributed by atoms with E-state index in [2.05, 4.69) is 5.32 Å². The van der Waals surface area contributed by atoms with Crippen LogP contribution in [0.3, 0.4) is 0 Å². The number of nitrogens with zero attached hydrogens (tertiary/aromatic N) is 1. The molecule has 1 aromatic heterocycles. The molecule has 90 valence electrons. The van der Waals surface area contributed by atoms with Crippen molar-refractivity contribution in [2.75, 3.05) is 13.2 Å². The quantitative estimate of drug-likeness (QED) is 0.601. The van der Waals surface area contributed by atoms with Gasteiger partial charge in [0, 0.05) is 6.54 Å². The number of rotatable bonds is 6. The van der Waals surface area contributed by atoms with Crippen molar-refractivity contribution in [1.29, 1.82) is 5.26 Å². The van der Waals surface area contributed by atoms with E-state index in [1.54, 1.807) is 0 Å². The van der Waals surface area contributed by atoms with Gasteiger partial charge in [-0.25, -0.2) is 0 Å². The lowest BCUT2D eigenvalue weighted by atomic mass is 10.2. The Labute approximate surface area is 103 Å². The first-order valence-electron chi connectivity index (χ1n) is 5.02. The van der Waals surface area contributed by atoms with Crippen molar-refractivity contribution in [2.24, 2.45) is 0 Å². The summed E-state index contributed by atoms with van der Waals surface area (Å²) in [6.07, 6.45) is 0.420. The molecule has 0 aliphatic rings. The van der Waals surface area contributed by atoms with E-state index in [1.807, 2.05) is 22.9 Å². The van der Waals surface area contributed by atoms with Crippen LogP contribution in [0.15, 0.2) is 16.8 Å². The highest BCUT2D eigenvalue weighted by atomic mass is 32.1. The Balaban J connectivity index is 2.15. The number of hydrogen-bond acceptors (Lipinski definition) is 5. The van der Waals surface area contributed by atoms with Crippen molar-refractivity contribution in [2.45, 2.75) is 12.8 Å². The van der Waals surface area contributed by atoms with Crippen molar-refractivity contribution < 1.29 is 14.3 Å². The fourth-order valence-electron chi connectivity index (χ4n) is 1.07. The first-order valence-corrected chi connectivity index (χ1v) is 5.97. The maximum Gasteiger partial charge on any atom is 0.310 e. The molecule has 17 heavy (non-hydrogen) atoms. The monoisotopic (exact) mass is 252 g/mol. The van der Waals surface area contributed by atoms with Crippen LogP contribution in [0, 0.1) is 11.3 Å². The van der Waals surface area contributed by atoms with E-state index in [9.17, 15) is 9.59 Å². The van der Waals surface area contributed by atoms with E-state index in [0.29, 0.717) is 0 Å². The van der Waals surface area contributed by atoms with Gasteiger partial charge in [-0.05, 0) is 22.4 Å². The molecule has 0 atom stereocenters. The smallest absolute Gasteiger partial charge is 0.310 e. The molecule has 5 nitrogen and oxygen atoms in total. The van der Waals surface area contributed by atoms with Gasteiger partial charge in [-0.3, -0.25) is 9.59 Å². The van der Waals surface area contributed by atoms with Crippen molar-refractivity contribution in [3.63, 3.8) is 0 Å². The van der Waals surface area contributed by atoms with E-state index in [4.69, 9.17) is 10.00 Å². The van der Waals surface area contributed by atoms with Crippen LogP contribution in [0.2, 0.25) is 0 Å². The normalized spacial score (nSPS) is 9.35. The lowest BCUT2D eigenvalue weighted by molar-refractivity contribution is -0.147. The first kappa shape index (κ1) is 13.2. The zero-order valence-electron chi connectivity index (χ0n) is 9.14. The first-order chi connectivity index (χ1) is 8.22. The maximum absolute atomic E-state index is 11.3. The molecule has 0 aliphatic heterocycles. The van der Waals surface area contributed by atoms with Crippen LogP contribution in [0.1, 0.15) is 12.0 Å². The number of hydrogen-bond donors (Lipinski definition) is 1. The van der Waals surface area contributed by atoms with Gasteiger partial charge in [0.05, 0.1) is 18.9 Å². The van der Waals surface area contributed by atoms with Crippen LogP contribution < -0.4 is 5.32 Å². The van der Waals surface area contributed by atoms with Crippen LogP contribution in [0.4, 0.5) is 0 Å². The second kappa shape index (κ2) is 7.41. The van der Waals surface area contributed by atoms with E-state index < -0.39 is 5.97 Å². The maximum atomic E-state index is 11.3. The summed E-state index contributed by atoms with van der Waals surface area (Å²) in [5, 5.41) is 14.4. The summed E-state index contributed by atoms with van der Waals surface area (Å²) < 4.78 is 4.78. The molecule has 0 fully saturated rings. The number of nitrogens with one attached hydrogen (secondary N) is 1. The molecule has 6 heteroatoms. The Kier molecular flexibility index (Phi) is 5.75. The minimum atomic E-state index is -0.432. The number of ether oxygens (including phenoxy) is 1. The van der Waals surface area contributed by atoms with E-state index >= 15 is 0 Å². The molecule has 1 amide bonds. The molecule has 0 aromatic carbocycles. The molecule has 1 N–H and O–H groups in total. The fraction of sp³-hybridized carbons (Fsp3) is 0.364. The Morgan fingerprint density at radius 3 is 3.00 bits per heavy atom. The van der Waals surface area contributed by atoms with Gasteiger partial charge < -0.3 is 10.1 Å². The Bertz CT molecular complexity index is 409. The van der Waals surface area contributed by atoms with Crippen molar-refractivity contribution >= 4 is 23.2 Å². The summed E-state index contributed by atoms with van der Waals surface area (Å²) in [5.41, 5.74) is 0.880. The molecular weight excluding hydrogens is 240 g/mol. The highest BCUT2D eigenvalue weighted by molar-refractivity contribution is 7.07. The van der Waals surface area contributed by atoms with E-state index in [1.165, 1.54) is 11.3 Å². The van der Waals surface area contributed by atoms with Gasteiger partial charge in [0.1, 0.15) is 0 Å². The van der Waals surface area contributed by atoms with Gasteiger partial charge in [0.15, 0.2) is 6.61 Å². The van der Waals surface area contributed by atoms with Crippen molar-refractivity contribution in [3.05, 3.63) is 22.4 Å². The molecule has 0 spiro atoms. The molecule has 1 aromatic rings. The highest BCUT2D eigenvalue weighted by Crippen LogP contribution is 2.06. The van der Waals surface area contributed by atoms with Crippen LogP contribution in [0.25, 0.3) is 0 Å². The van der Waals surface area contributed by atoms with Crippen LogP contribution in [0.5, 0.6) is 0 Å². The number of nitriles is 1. The average molecular weight is 252 g/mol. The summed E-state index contributed by atoms with van der Waals surface area (Å²) in [6, 6.07) is 3.73. The lowest BCUT2D eigenvalue weighted by Crippen LogP contribution is -2.29. The summed E-state index contributed by atoms with van der Waals surface area (Å²) in [6.45, 7) is -0.0220. The minimum absolute atomic E-state index is 0.176. The molecule has 1 rings (SSSR count). The molecular formula is C11H12N2O3S. The standard InChI is InChI=1S/C11H12N2O3S/c12-3-1-4-13-10(14)7-16-11(15)6-9-2-5-17-8-9/h2,5,8H,1,4,6-7H2,(H,13,14). The van der Waals surface area contributed by atoms with Crippen LogP contribution in [-0.4, -0.2) is 25.0 Å². The van der Waals surface area contributed by atoms with Crippen LogP contribution >= 0.6 is 11.3 Å². The third kappa shape index (κ3) is 5.68. The Hall–Kier alpha value is -1.87. The number of carbonyl (C=O) groups excluding carboxylic acids is 2. The Morgan fingerprint density at radius 1 is 1.53 bits per heavy atom. The summed E-state index contributed by atoms with van der Waals surface area (Å²) in [4.78, 5) is 22.4. The predicted molar refractivity (Wildman–Crippen MR) is 62.2 cm³/mol. The van der Waals surface area contributed by atoms with Crippen LogP contribution in [-0.2, 0) is 20.7 Å². The van der Waals surface area contributed by atoms with Crippen molar-refractivity contribution in [3.8, 4) is 6.07 Å². The molecule has 0 saturated carbocycles. The second-order valence-electron chi connectivity index (χ2n) is 3.23. The third-order valence-corrected chi connectivity index (χ3v) is 2.58. The molecule has 0 radical (unpaired) electrons. The second-order valence-corrected chi connectivity index (χ2v) is 4.01. The predicted octanol–water partition coefficient (Wildman–Crippen LogP) is 0.864. The molecule has 1 heterocycles. The fourth-order valence-corrected chi connectivity index (χ4v) is 1.73. The van der Waals surface area contributed by atoms with Gasteiger partial charge in [-0.15, -0.1) is 0 Å². The number of thiophene rings is 1. The lowest BCUT2D eigenvalue weighted by Gasteiger charge is -2.04. The van der Waals surface area contributed by atoms with Gasteiger partial charge in [-0.2, -0.15) is 16.6 Å². The van der Waals surface area contributed by atoms with Crippen molar-refractivity contribution in [1.82, 2.24) is 5.32 Å². The third-order valence-electron chi connectivity index (χ3n) is 1.85. The summed E-state index contributed by atoms with van der Waals surface area (Å²) >= 11 is 1.50. The Morgan fingerprint density at radius 2 is 2.35 bits per heavy atom. The topological polar surface area (TPSA) is 79.2 Å². The van der Waals surface area contributed by atoms with Gasteiger partial charge in [0.2, 0.25) is 0 Å². The minimum Gasteiger partial charge on any atom is -0.455 e. The highest BCUT2D eigenvalue weighted by Gasteiger charge is 2.08. The zero-order valence-corrected chi connectivity index (χ0v) is 9.96. The molecule has 0 bridgehead atoms. The van der Waals surface area contributed by atoms with E-state index in [-0.39, 0.29) is 31.9 Å². The average Bonchev–Trinajstić information content (AvgIpc) is 2.79. The number of esters is 1. The number of amides is 1. The van der Waals surface area contributed by atoms with E-state index in [0.717, 1.165) is 5.56 Å². The summed E-state index contributed by atoms with van der Waals surface area (Å²) in [7, 11) is 0. The van der Waals surface area contributed by atoms with Gasteiger partial charge in [0.25, 0.3) is 5.91 Å². The summed E-state index contributed by atoms with van der Waals surface area (Å²) in [5.74, 6) is -0.822. The van der Waals surface area contributed by atoms with Gasteiger partial charge in [-0.1, -0.05) is 0 Å². The molecule has 0 aliphatic carbocycles. The van der Waals surface area contributed by atoms with Gasteiger partial charge >= 0.3 is 5.97 Å². The largest absolute Gasteiger partial charge is 0.455 e. The zero-order chi connectivity index (χ0) is 12.5. The SMILES string of the molecule is N#CCCNC(=O)COC(=O)Cc1ccsc1. The molecule has 0 saturated heterocycles.